The molecule has 0 aromatic heterocycles. The zero-order valence-corrected chi connectivity index (χ0v) is 9.96. The van der Waals surface area contributed by atoms with Crippen LogP contribution in [-0.4, -0.2) is 23.8 Å². The van der Waals surface area contributed by atoms with Crippen LogP contribution in [0.5, 0.6) is 0 Å². The number of hydrogen-bond acceptors (Lipinski definition) is 2. The summed E-state index contributed by atoms with van der Waals surface area (Å²) in [7, 11) is 0. The summed E-state index contributed by atoms with van der Waals surface area (Å²) >= 11 is 0. The normalized spacial score (nSPS) is 17.9. The van der Waals surface area contributed by atoms with Crippen LogP contribution in [0.2, 0.25) is 0 Å². The van der Waals surface area contributed by atoms with Crippen LogP contribution in [-0.2, 0) is 0 Å². The fraction of sp³-hybridized carbons (Fsp3) is 0.833. The third-order valence-electron chi connectivity index (χ3n) is 2.81. The Hall–Kier alpha value is -0.340. The molecule has 0 spiro atoms. The summed E-state index contributed by atoms with van der Waals surface area (Å²) in [6.07, 6.45) is 2.72. The number of aliphatic hydroxyl groups is 1. The number of hydrogen-bond donors (Lipinski definition) is 2. The predicted octanol–water partition coefficient (Wildman–Crippen LogP) is 2.19. The highest BCUT2D eigenvalue weighted by molar-refractivity contribution is 4.78. The van der Waals surface area contributed by atoms with Crippen LogP contribution in [0.1, 0.15) is 34.1 Å². The van der Waals surface area contributed by atoms with E-state index in [1.165, 1.54) is 0 Å². The Balaban J connectivity index is 3.72. The number of aliphatic hydroxyl groups excluding tert-OH is 1. The number of nitrogens with one attached hydrogen (secondary N) is 1. The van der Waals surface area contributed by atoms with E-state index in [0.29, 0.717) is 24.4 Å². The van der Waals surface area contributed by atoms with Gasteiger partial charge >= 0.3 is 0 Å². The average Bonchev–Trinajstić information content (AvgIpc) is 2.13. The molecule has 0 aliphatic rings. The predicted molar refractivity (Wildman–Crippen MR) is 62.3 cm³/mol. The highest BCUT2D eigenvalue weighted by atomic mass is 16.3. The molecule has 2 N–H and O–H groups in total. The molecule has 0 saturated heterocycles. The Kier molecular flexibility index (Phi) is 6.85. The van der Waals surface area contributed by atoms with E-state index in [9.17, 15) is 5.11 Å². The smallest absolute Gasteiger partial charge is 0.0687 e. The Morgan fingerprint density at radius 1 is 1.29 bits per heavy atom. The van der Waals surface area contributed by atoms with Gasteiger partial charge in [0.25, 0.3) is 0 Å². The Morgan fingerprint density at radius 3 is 2.29 bits per heavy atom. The summed E-state index contributed by atoms with van der Waals surface area (Å²) in [6, 6.07) is 0.432. The second-order valence-electron chi connectivity index (χ2n) is 4.51. The van der Waals surface area contributed by atoms with E-state index in [2.05, 4.69) is 25.7 Å². The van der Waals surface area contributed by atoms with Crippen LogP contribution in [0.15, 0.2) is 12.7 Å². The van der Waals surface area contributed by atoms with Crippen LogP contribution in [0, 0.1) is 11.8 Å². The lowest BCUT2D eigenvalue weighted by atomic mass is 9.99. The highest BCUT2D eigenvalue weighted by Crippen LogP contribution is 2.08. The first-order valence-corrected chi connectivity index (χ1v) is 5.51. The average molecular weight is 199 g/mol. The van der Waals surface area contributed by atoms with Gasteiger partial charge in [-0.3, -0.25) is 0 Å². The lowest BCUT2D eigenvalue weighted by Crippen LogP contribution is -2.39. The van der Waals surface area contributed by atoms with Crippen molar-refractivity contribution in [3.05, 3.63) is 12.7 Å². The quantitative estimate of drug-likeness (QED) is 0.616. The van der Waals surface area contributed by atoms with Gasteiger partial charge in [-0.1, -0.05) is 26.8 Å². The van der Waals surface area contributed by atoms with E-state index in [-0.39, 0.29) is 6.10 Å². The van der Waals surface area contributed by atoms with Gasteiger partial charge in [-0.25, -0.2) is 0 Å². The zero-order valence-electron chi connectivity index (χ0n) is 9.96. The molecule has 0 amide bonds. The van der Waals surface area contributed by atoms with Gasteiger partial charge in [0.1, 0.15) is 0 Å². The van der Waals surface area contributed by atoms with Crippen molar-refractivity contribution in [3.63, 3.8) is 0 Å². The first kappa shape index (κ1) is 13.7. The van der Waals surface area contributed by atoms with E-state index in [4.69, 9.17) is 0 Å². The van der Waals surface area contributed by atoms with Crippen molar-refractivity contribution in [1.82, 2.24) is 5.32 Å². The molecule has 0 heterocycles. The van der Waals surface area contributed by atoms with E-state index in [0.717, 1.165) is 6.42 Å². The van der Waals surface area contributed by atoms with Crippen molar-refractivity contribution < 1.29 is 5.11 Å². The van der Waals surface area contributed by atoms with Gasteiger partial charge in [0.15, 0.2) is 0 Å². The van der Waals surface area contributed by atoms with Crippen molar-refractivity contribution in [2.45, 2.75) is 46.3 Å². The SMILES string of the molecule is C=CCC(C)C(C)NCC(O)C(C)C. The van der Waals surface area contributed by atoms with Crippen molar-refractivity contribution in [1.29, 1.82) is 0 Å². The molecule has 0 radical (unpaired) electrons. The molecule has 14 heavy (non-hydrogen) atoms. The molecular formula is C12H25NO. The zero-order chi connectivity index (χ0) is 11.1. The summed E-state index contributed by atoms with van der Waals surface area (Å²) in [6.45, 7) is 12.8. The van der Waals surface area contributed by atoms with Gasteiger partial charge in [-0.05, 0) is 25.2 Å². The molecular weight excluding hydrogens is 174 g/mol. The third-order valence-corrected chi connectivity index (χ3v) is 2.81. The molecule has 84 valence electrons. The summed E-state index contributed by atoms with van der Waals surface area (Å²) in [5, 5.41) is 13.0. The summed E-state index contributed by atoms with van der Waals surface area (Å²) < 4.78 is 0. The number of rotatable bonds is 7. The van der Waals surface area contributed by atoms with Crippen LogP contribution in [0.3, 0.4) is 0 Å². The Morgan fingerprint density at radius 2 is 1.86 bits per heavy atom. The standard InChI is InChI=1S/C12H25NO/c1-6-7-10(4)11(5)13-8-12(14)9(2)3/h6,9-14H,1,7-8H2,2-5H3. The Labute approximate surface area is 88.4 Å². The van der Waals surface area contributed by atoms with Crippen molar-refractivity contribution in [2.24, 2.45) is 11.8 Å². The van der Waals surface area contributed by atoms with Gasteiger partial charge in [0.2, 0.25) is 0 Å². The molecule has 2 nitrogen and oxygen atoms in total. The van der Waals surface area contributed by atoms with Crippen molar-refractivity contribution >= 4 is 0 Å². The monoisotopic (exact) mass is 199 g/mol. The lowest BCUT2D eigenvalue weighted by Gasteiger charge is -2.23. The molecule has 3 unspecified atom stereocenters. The van der Waals surface area contributed by atoms with Crippen molar-refractivity contribution in [2.75, 3.05) is 6.54 Å². The second kappa shape index (κ2) is 7.02. The van der Waals surface area contributed by atoms with E-state index in [1.54, 1.807) is 0 Å². The summed E-state index contributed by atoms with van der Waals surface area (Å²) in [4.78, 5) is 0. The van der Waals surface area contributed by atoms with Gasteiger partial charge in [-0.2, -0.15) is 0 Å². The van der Waals surface area contributed by atoms with E-state index >= 15 is 0 Å². The summed E-state index contributed by atoms with van der Waals surface area (Å²) in [5.74, 6) is 0.899. The lowest BCUT2D eigenvalue weighted by molar-refractivity contribution is 0.118. The molecule has 0 aromatic carbocycles. The largest absolute Gasteiger partial charge is 0.392 e. The molecule has 0 rings (SSSR count). The van der Waals surface area contributed by atoms with Crippen LogP contribution in [0.25, 0.3) is 0 Å². The maximum atomic E-state index is 9.60. The minimum Gasteiger partial charge on any atom is -0.392 e. The van der Waals surface area contributed by atoms with Crippen molar-refractivity contribution in [3.8, 4) is 0 Å². The highest BCUT2D eigenvalue weighted by Gasteiger charge is 2.13. The second-order valence-corrected chi connectivity index (χ2v) is 4.51. The molecule has 3 atom stereocenters. The topological polar surface area (TPSA) is 32.3 Å². The molecule has 0 aliphatic carbocycles. The minimum atomic E-state index is -0.242. The molecule has 0 fully saturated rings. The fourth-order valence-corrected chi connectivity index (χ4v) is 1.21. The van der Waals surface area contributed by atoms with E-state index in [1.807, 2.05) is 19.9 Å². The van der Waals surface area contributed by atoms with Crippen LogP contribution >= 0.6 is 0 Å². The molecule has 0 bridgehead atoms. The minimum absolute atomic E-state index is 0.242. The molecule has 0 aromatic rings. The van der Waals surface area contributed by atoms with Crippen LogP contribution in [0.4, 0.5) is 0 Å². The molecule has 0 aliphatic heterocycles. The van der Waals surface area contributed by atoms with Gasteiger partial charge in [0.05, 0.1) is 6.10 Å². The molecule has 0 saturated carbocycles. The first-order valence-electron chi connectivity index (χ1n) is 5.51. The van der Waals surface area contributed by atoms with Gasteiger partial charge in [0, 0.05) is 12.6 Å². The van der Waals surface area contributed by atoms with Gasteiger partial charge in [-0.15, -0.1) is 6.58 Å². The maximum absolute atomic E-state index is 9.60. The maximum Gasteiger partial charge on any atom is 0.0687 e. The third kappa shape index (κ3) is 5.40. The fourth-order valence-electron chi connectivity index (χ4n) is 1.21. The van der Waals surface area contributed by atoms with Crippen LogP contribution < -0.4 is 5.32 Å². The summed E-state index contributed by atoms with van der Waals surface area (Å²) in [5.41, 5.74) is 0. The van der Waals surface area contributed by atoms with Gasteiger partial charge < -0.3 is 10.4 Å². The van der Waals surface area contributed by atoms with E-state index < -0.39 is 0 Å². The Bertz CT molecular complexity index is 156. The first-order chi connectivity index (χ1) is 6.49. The molecule has 2 heteroatoms. The number of allylic oxidation sites excluding steroid dienone is 1.